The first kappa shape index (κ1) is 21.2. The van der Waals surface area contributed by atoms with Crippen LogP contribution in [-0.2, 0) is 4.79 Å². The van der Waals surface area contributed by atoms with Gasteiger partial charge in [-0.2, -0.15) is 0 Å². The van der Waals surface area contributed by atoms with Gasteiger partial charge in [0, 0.05) is 18.0 Å². The number of fused-ring (bicyclic) bond motifs is 1. The number of nitrogens with one attached hydrogen (secondary N) is 1. The molecule has 0 spiro atoms. The fourth-order valence-corrected chi connectivity index (χ4v) is 2.61. The monoisotopic (exact) mass is 423 g/mol. The van der Waals surface area contributed by atoms with Crippen LogP contribution in [0, 0.1) is 0 Å². The van der Waals surface area contributed by atoms with Crippen molar-refractivity contribution in [1.82, 2.24) is 5.32 Å². The van der Waals surface area contributed by atoms with Crippen LogP contribution in [0.4, 0.5) is 13.2 Å². The molecule has 7 nitrogen and oxygen atoms in total. The van der Waals surface area contributed by atoms with E-state index in [1.807, 2.05) is 0 Å². The third-order valence-electron chi connectivity index (χ3n) is 3.91. The lowest BCUT2D eigenvalue weighted by Crippen LogP contribution is -2.31. The Morgan fingerprint density at radius 2 is 1.77 bits per heavy atom. The van der Waals surface area contributed by atoms with Gasteiger partial charge in [0.25, 0.3) is 5.91 Å². The number of hydrogen-bond acceptors (Lipinski definition) is 6. The summed E-state index contributed by atoms with van der Waals surface area (Å²) in [5.74, 6) is -0.522. The maximum absolute atomic E-state index is 12.3. The summed E-state index contributed by atoms with van der Waals surface area (Å²) < 4.78 is 51.2. The highest BCUT2D eigenvalue weighted by atomic mass is 19.4. The van der Waals surface area contributed by atoms with Gasteiger partial charge in [-0.25, -0.2) is 4.79 Å². The molecule has 10 heteroatoms. The number of ether oxygens (including phenoxy) is 2. The molecule has 0 aliphatic rings. The van der Waals surface area contributed by atoms with Crippen molar-refractivity contribution in [3.05, 3.63) is 59.0 Å². The van der Waals surface area contributed by atoms with Crippen molar-refractivity contribution in [2.75, 3.05) is 19.8 Å². The van der Waals surface area contributed by atoms with E-state index >= 15 is 0 Å². The zero-order valence-corrected chi connectivity index (χ0v) is 15.4. The molecule has 0 aliphatic heterocycles. The number of carbonyl (C=O) groups is 1. The number of carbonyl (C=O) groups excluding carboxylic acids is 1. The molecule has 0 radical (unpaired) electrons. The van der Waals surface area contributed by atoms with Gasteiger partial charge in [-0.3, -0.25) is 4.79 Å². The first-order valence-electron chi connectivity index (χ1n) is 8.69. The van der Waals surface area contributed by atoms with Gasteiger partial charge in [-0.15, -0.1) is 13.2 Å². The van der Waals surface area contributed by atoms with Crippen LogP contribution in [0.25, 0.3) is 22.1 Å². The van der Waals surface area contributed by atoms with Gasteiger partial charge in [-0.05, 0) is 35.9 Å². The molecule has 1 amide bonds. The van der Waals surface area contributed by atoms with Gasteiger partial charge >= 0.3 is 12.0 Å². The van der Waals surface area contributed by atoms with Crippen LogP contribution in [-0.4, -0.2) is 37.1 Å². The van der Waals surface area contributed by atoms with E-state index in [0.29, 0.717) is 16.7 Å². The Morgan fingerprint density at radius 1 is 1.07 bits per heavy atom. The number of aliphatic hydroxyl groups is 1. The second kappa shape index (κ2) is 8.87. The van der Waals surface area contributed by atoms with Crippen LogP contribution >= 0.6 is 0 Å². The molecule has 2 aromatic carbocycles. The molecule has 1 aromatic heterocycles. The van der Waals surface area contributed by atoms with Crippen LogP contribution in [0.15, 0.2) is 57.7 Å². The maximum atomic E-state index is 12.3. The Kier molecular flexibility index (Phi) is 6.26. The Balaban J connectivity index is 1.79. The lowest BCUT2D eigenvalue weighted by atomic mass is 10.1. The van der Waals surface area contributed by atoms with Crippen molar-refractivity contribution in [3.8, 4) is 22.6 Å². The van der Waals surface area contributed by atoms with Gasteiger partial charge in [0.2, 0.25) is 0 Å². The summed E-state index contributed by atoms with van der Waals surface area (Å²) in [6.07, 6.45) is -4.80. The van der Waals surface area contributed by atoms with Crippen LogP contribution < -0.4 is 20.4 Å². The molecule has 0 saturated carbocycles. The second-order valence-corrected chi connectivity index (χ2v) is 6.08. The minimum absolute atomic E-state index is 0.112. The molecule has 3 aromatic rings. The van der Waals surface area contributed by atoms with Crippen LogP contribution in [0.3, 0.4) is 0 Å². The van der Waals surface area contributed by atoms with Crippen LogP contribution in [0.5, 0.6) is 11.5 Å². The molecule has 158 valence electrons. The molecular weight excluding hydrogens is 407 g/mol. The normalized spacial score (nSPS) is 11.3. The minimum atomic E-state index is -4.80. The smallest absolute Gasteiger partial charge is 0.484 e. The zero-order chi connectivity index (χ0) is 21.7. The van der Waals surface area contributed by atoms with Gasteiger partial charge in [0.05, 0.1) is 12.2 Å². The summed E-state index contributed by atoms with van der Waals surface area (Å²) in [4.78, 5) is 23.8. The topological polar surface area (TPSA) is 98.0 Å². The Bertz CT molecular complexity index is 1090. The van der Waals surface area contributed by atoms with Gasteiger partial charge in [-0.1, -0.05) is 12.1 Å². The number of aliphatic hydroxyl groups excluding tert-OH is 1. The fourth-order valence-electron chi connectivity index (χ4n) is 2.61. The third kappa shape index (κ3) is 5.51. The number of alkyl halides is 3. The molecule has 0 fully saturated rings. The highest BCUT2D eigenvalue weighted by Crippen LogP contribution is 2.27. The number of benzene rings is 2. The van der Waals surface area contributed by atoms with E-state index in [0.717, 1.165) is 12.1 Å². The first-order chi connectivity index (χ1) is 14.2. The quantitative estimate of drug-likeness (QED) is 0.567. The maximum Gasteiger partial charge on any atom is 0.573 e. The molecule has 0 bridgehead atoms. The largest absolute Gasteiger partial charge is 0.573 e. The molecule has 30 heavy (non-hydrogen) atoms. The third-order valence-corrected chi connectivity index (χ3v) is 3.91. The predicted octanol–water partition coefficient (Wildman–Crippen LogP) is 2.85. The van der Waals surface area contributed by atoms with Crippen molar-refractivity contribution in [2.24, 2.45) is 0 Å². The van der Waals surface area contributed by atoms with Crippen molar-refractivity contribution < 1.29 is 37.0 Å². The minimum Gasteiger partial charge on any atom is -0.484 e. The second-order valence-electron chi connectivity index (χ2n) is 6.08. The van der Waals surface area contributed by atoms with E-state index in [1.54, 1.807) is 18.2 Å². The van der Waals surface area contributed by atoms with Crippen LogP contribution in [0.1, 0.15) is 0 Å². The number of rotatable bonds is 7. The van der Waals surface area contributed by atoms with E-state index in [-0.39, 0.29) is 30.9 Å². The average Bonchev–Trinajstić information content (AvgIpc) is 2.69. The Hall–Kier alpha value is -3.53. The summed E-state index contributed by atoms with van der Waals surface area (Å²) in [6, 6.07) is 11.0. The van der Waals surface area contributed by atoms with Gasteiger partial charge < -0.3 is 24.3 Å². The van der Waals surface area contributed by atoms with Crippen molar-refractivity contribution in [2.45, 2.75) is 6.36 Å². The van der Waals surface area contributed by atoms with E-state index < -0.39 is 23.6 Å². The fraction of sp³-hybridized carbons (Fsp3) is 0.200. The predicted molar refractivity (Wildman–Crippen MR) is 100 cm³/mol. The highest BCUT2D eigenvalue weighted by molar-refractivity contribution is 5.83. The van der Waals surface area contributed by atoms with E-state index in [1.165, 1.54) is 18.2 Å². The van der Waals surface area contributed by atoms with E-state index in [2.05, 4.69) is 10.1 Å². The number of amides is 1. The molecule has 2 N–H and O–H groups in total. The Labute approximate surface area is 167 Å². The van der Waals surface area contributed by atoms with Crippen LogP contribution in [0.2, 0.25) is 0 Å². The van der Waals surface area contributed by atoms with Gasteiger partial charge in [0.15, 0.2) is 6.61 Å². The summed E-state index contributed by atoms with van der Waals surface area (Å²) in [6.45, 7) is -0.353. The molecule has 1 heterocycles. The lowest BCUT2D eigenvalue weighted by molar-refractivity contribution is -0.274. The SMILES string of the molecule is O=C(COc1ccc2cc(-c3ccc(OC(F)(F)F)cc3)c(=O)oc2c1)NCCO. The van der Waals surface area contributed by atoms with E-state index in [9.17, 15) is 22.8 Å². The average molecular weight is 423 g/mol. The summed E-state index contributed by atoms with van der Waals surface area (Å²) >= 11 is 0. The summed E-state index contributed by atoms with van der Waals surface area (Å²) in [5, 5.41) is 11.6. The summed E-state index contributed by atoms with van der Waals surface area (Å²) in [7, 11) is 0. The molecule has 0 unspecified atom stereocenters. The van der Waals surface area contributed by atoms with Gasteiger partial charge in [0.1, 0.15) is 17.1 Å². The summed E-state index contributed by atoms with van der Waals surface area (Å²) in [5.41, 5.74) is 0.0537. The molecule has 3 rings (SSSR count). The molecule has 0 saturated heterocycles. The van der Waals surface area contributed by atoms with E-state index in [4.69, 9.17) is 14.3 Å². The Morgan fingerprint density at radius 3 is 2.43 bits per heavy atom. The molecule has 0 atom stereocenters. The molecule has 0 aliphatic carbocycles. The first-order valence-corrected chi connectivity index (χ1v) is 8.69. The number of halogens is 3. The zero-order valence-electron chi connectivity index (χ0n) is 15.4. The lowest BCUT2D eigenvalue weighted by Gasteiger charge is -2.09. The molecular formula is C20H16F3NO6. The number of hydrogen-bond donors (Lipinski definition) is 2. The van der Waals surface area contributed by atoms with Crippen molar-refractivity contribution in [3.63, 3.8) is 0 Å². The van der Waals surface area contributed by atoms with Crippen molar-refractivity contribution in [1.29, 1.82) is 0 Å². The standard InChI is InChI=1S/C20H16F3NO6/c21-20(22,23)30-14-4-1-12(2-5-14)16-9-13-3-6-15(10-17(13)29-19(16)27)28-11-18(26)24-7-8-25/h1-6,9-10,25H,7-8,11H2,(H,24,26). The highest BCUT2D eigenvalue weighted by Gasteiger charge is 2.31. The van der Waals surface area contributed by atoms with Crippen molar-refractivity contribution >= 4 is 16.9 Å².